The average Bonchev–Trinajstić information content (AvgIpc) is 2.17. The van der Waals surface area contributed by atoms with Gasteiger partial charge in [-0.3, -0.25) is 4.79 Å². The molecule has 0 atom stereocenters. The molecule has 1 aromatic carbocycles. The lowest BCUT2D eigenvalue weighted by Crippen LogP contribution is -2.26. The maximum atomic E-state index is 11.0. The Morgan fingerprint density at radius 1 is 1.46 bits per heavy atom. The summed E-state index contributed by atoms with van der Waals surface area (Å²) in [5.41, 5.74) is 2.24. The van der Waals surface area contributed by atoms with E-state index >= 15 is 0 Å². The zero-order valence-corrected chi connectivity index (χ0v) is 7.40. The summed E-state index contributed by atoms with van der Waals surface area (Å²) < 4.78 is 0. The van der Waals surface area contributed by atoms with Gasteiger partial charge in [0.2, 0.25) is 5.91 Å². The van der Waals surface area contributed by atoms with Crippen LogP contribution in [-0.2, 0) is 11.3 Å². The van der Waals surface area contributed by atoms with E-state index in [4.69, 9.17) is 0 Å². The third-order valence-corrected chi connectivity index (χ3v) is 2.07. The van der Waals surface area contributed by atoms with E-state index in [1.54, 1.807) is 6.21 Å². The van der Waals surface area contributed by atoms with Crippen LogP contribution in [0.3, 0.4) is 0 Å². The third kappa shape index (κ3) is 1.45. The van der Waals surface area contributed by atoms with Crippen LogP contribution in [0, 0.1) is 0 Å². The smallest absolute Gasteiger partial charge is 0.239 e. The van der Waals surface area contributed by atoms with Crippen LogP contribution in [0.5, 0.6) is 0 Å². The van der Waals surface area contributed by atoms with Gasteiger partial charge in [0.15, 0.2) is 0 Å². The lowest BCUT2D eigenvalue weighted by molar-refractivity contribution is -0.129. The van der Waals surface area contributed by atoms with E-state index < -0.39 is 0 Å². The van der Waals surface area contributed by atoms with Crippen molar-refractivity contribution in [3.63, 3.8) is 0 Å². The van der Waals surface area contributed by atoms with Gasteiger partial charge in [0.1, 0.15) is 0 Å². The minimum absolute atomic E-state index is 0.0225. The fourth-order valence-corrected chi connectivity index (χ4v) is 1.33. The Morgan fingerprint density at radius 3 is 3.00 bits per heavy atom. The Bertz CT molecular complexity index is 371. The Hall–Kier alpha value is -1.64. The first kappa shape index (κ1) is 7.98. The molecule has 1 aromatic rings. The second-order valence-corrected chi connectivity index (χ2v) is 3.02. The molecule has 13 heavy (non-hydrogen) atoms. The van der Waals surface area contributed by atoms with Crippen LogP contribution in [0.4, 0.5) is 0 Å². The fraction of sp³-hybridized carbons (Fsp3) is 0.200. The van der Waals surface area contributed by atoms with Crippen molar-refractivity contribution in [2.45, 2.75) is 13.5 Å². The normalized spacial score (nSPS) is 14.1. The van der Waals surface area contributed by atoms with Crippen molar-refractivity contribution >= 4 is 12.1 Å². The lowest BCUT2D eigenvalue weighted by Gasteiger charge is -2.20. The lowest BCUT2D eigenvalue weighted by atomic mass is 10.1. The van der Waals surface area contributed by atoms with Crippen molar-refractivity contribution < 1.29 is 4.79 Å². The van der Waals surface area contributed by atoms with Gasteiger partial charge >= 0.3 is 0 Å². The summed E-state index contributed by atoms with van der Waals surface area (Å²) in [7, 11) is 0. The summed E-state index contributed by atoms with van der Waals surface area (Å²) in [6.45, 7) is 2.10. The highest BCUT2D eigenvalue weighted by Gasteiger charge is 2.13. The van der Waals surface area contributed by atoms with Gasteiger partial charge in [-0.15, -0.1) is 0 Å². The Labute approximate surface area is 76.7 Å². The molecule has 0 radical (unpaired) electrons. The summed E-state index contributed by atoms with van der Waals surface area (Å²) in [4.78, 5) is 11.0. The van der Waals surface area contributed by atoms with Gasteiger partial charge in [0.25, 0.3) is 0 Å². The summed E-state index contributed by atoms with van der Waals surface area (Å²) in [5, 5.41) is 5.49. The number of carbonyl (C=O) groups is 1. The molecule has 1 aliphatic heterocycles. The van der Waals surface area contributed by atoms with Gasteiger partial charge in [-0.05, 0) is 11.1 Å². The monoisotopic (exact) mass is 174 g/mol. The van der Waals surface area contributed by atoms with E-state index in [-0.39, 0.29) is 5.91 Å². The minimum atomic E-state index is -0.0225. The maximum absolute atomic E-state index is 11.0. The molecule has 0 bridgehead atoms. The van der Waals surface area contributed by atoms with Gasteiger partial charge in [0.05, 0.1) is 12.8 Å². The number of hydrogen-bond acceptors (Lipinski definition) is 2. The number of rotatable bonds is 0. The highest BCUT2D eigenvalue weighted by molar-refractivity contribution is 5.85. The molecule has 0 fully saturated rings. The number of hydrazone groups is 1. The number of fused-ring (bicyclic) bond motifs is 1. The van der Waals surface area contributed by atoms with E-state index in [0.29, 0.717) is 6.54 Å². The van der Waals surface area contributed by atoms with Crippen molar-refractivity contribution in [3.8, 4) is 0 Å². The fourth-order valence-electron chi connectivity index (χ4n) is 1.33. The van der Waals surface area contributed by atoms with Gasteiger partial charge in [-0.1, -0.05) is 24.3 Å². The molecule has 3 nitrogen and oxygen atoms in total. The predicted octanol–water partition coefficient (Wildman–Crippen LogP) is 1.38. The third-order valence-electron chi connectivity index (χ3n) is 2.07. The zero-order chi connectivity index (χ0) is 9.26. The van der Waals surface area contributed by atoms with E-state index in [2.05, 4.69) is 5.10 Å². The molecule has 1 amide bonds. The second kappa shape index (κ2) is 3.01. The van der Waals surface area contributed by atoms with Crippen LogP contribution in [-0.4, -0.2) is 17.1 Å². The van der Waals surface area contributed by atoms with Gasteiger partial charge < -0.3 is 0 Å². The first-order valence-corrected chi connectivity index (χ1v) is 4.17. The maximum Gasteiger partial charge on any atom is 0.239 e. The Morgan fingerprint density at radius 2 is 2.23 bits per heavy atom. The molecule has 3 heteroatoms. The van der Waals surface area contributed by atoms with Crippen molar-refractivity contribution in [2.75, 3.05) is 0 Å². The second-order valence-electron chi connectivity index (χ2n) is 3.02. The standard InChI is InChI=1S/C10H10N2O/c1-8(13)12-7-10-5-3-2-4-9(10)6-11-12/h2-6H,7H2,1H3. The van der Waals surface area contributed by atoms with Crippen LogP contribution in [0.25, 0.3) is 0 Å². The van der Waals surface area contributed by atoms with Crippen LogP contribution >= 0.6 is 0 Å². The highest BCUT2D eigenvalue weighted by atomic mass is 16.2. The molecule has 0 spiro atoms. The molecule has 0 N–H and O–H groups in total. The molecular weight excluding hydrogens is 164 g/mol. The number of benzene rings is 1. The number of nitrogens with zero attached hydrogens (tertiary/aromatic N) is 2. The summed E-state index contributed by atoms with van der Waals surface area (Å²) >= 11 is 0. The number of amides is 1. The van der Waals surface area contributed by atoms with E-state index in [9.17, 15) is 4.79 Å². The van der Waals surface area contributed by atoms with Crippen molar-refractivity contribution in [1.82, 2.24) is 5.01 Å². The first-order chi connectivity index (χ1) is 6.27. The average molecular weight is 174 g/mol. The highest BCUT2D eigenvalue weighted by Crippen LogP contribution is 2.14. The quantitative estimate of drug-likeness (QED) is 0.585. The van der Waals surface area contributed by atoms with Gasteiger partial charge in [-0.25, -0.2) is 5.01 Å². The van der Waals surface area contributed by atoms with Crippen LogP contribution in [0.2, 0.25) is 0 Å². The predicted molar refractivity (Wildman–Crippen MR) is 50.3 cm³/mol. The van der Waals surface area contributed by atoms with E-state index in [1.165, 1.54) is 11.9 Å². The van der Waals surface area contributed by atoms with Gasteiger partial charge in [-0.2, -0.15) is 5.10 Å². The van der Waals surface area contributed by atoms with Crippen molar-refractivity contribution in [2.24, 2.45) is 5.10 Å². The number of carbonyl (C=O) groups excluding carboxylic acids is 1. The van der Waals surface area contributed by atoms with E-state index in [0.717, 1.165) is 11.1 Å². The summed E-state index contributed by atoms with van der Waals surface area (Å²) in [6.07, 6.45) is 1.72. The molecule has 0 saturated carbocycles. The van der Waals surface area contributed by atoms with Crippen molar-refractivity contribution in [3.05, 3.63) is 35.4 Å². The largest absolute Gasteiger partial charge is 0.273 e. The van der Waals surface area contributed by atoms with E-state index in [1.807, 2.05) is 24.3 Å². The molecule has 0 aromatic heterocycles. The molecule has 2 rings (SSSR count). The minimum Gasteiger partial charge on any atom is -0.273 e. The topological polar surface area (TPSA) is 32.7 Å². The van der Waals surface area contributed by atoms with Crippen LogP contribution in [0.15, 0.2) is 29.4 Å². The van der Waals surface area contributed by atoms with Crippen LogP contribution in [0.1, 0.15) is 18.1 Å². The Kier molecular flexibility index (Phi) is 1.85. The zero-order valence-electron chi connectivity index (χ0n) is 7.40. The molecular formula is C10H10N2O. The summed E-state index contributed by atoms with van der Waals surface area (Å²) in [6, 6.07) is 7.94. The molecule has 0 aliphatic carbocycles. The molecule has 0 unspecified atom stereocenters. The van der Waals surface area contributed by atoms with Crippen LogP contribution < -0.4 is 0 Å². The first-order valence-electron chi connectivity index (χ1n) is 4.17. The molecule has 1 aliphatic rings. The SMILES string of the molecule is CC(=O)N1Cc2ccccc2C=N1. The molecule has 0 saturated heterocycles. The van der Waals surface area contributed by atoms with Gasteiger partial charge in [0, 0.05) is 6.92 Å². The molecule has 66 valence electrons. The Balaban J connectivity index is 2.34. The number of hydrogen-bond donors (Lipinski definition) is 0. The molecule has 1 heterocycles. The summed E-state index contributed by atoms with van der Waals surface area (Å²) in [5.74, 6) is -0.0225. The van der Waals surface area contributed by atoms with Crippen molar-refractivity contribution in [1.29, 1.82) is 0 Å².